The van der Waals surface area contributed by atoms with Gasteiger partial charge in [-0.15, -0.1) is 0 Å². The molecule has 0 bridgehead atoms. The summed E-state index contributed by atoms with van der Waals surface area (Å²) in [5.41, 5.74) is 6.26. The monoisotopic (exact) mass is 199 g/mol. The van der Waals surface area contributed by atoms with Gasteiger partial charge in [0.25, 0.3) is 0 Å². The summed E-state index contributed by atoms with van der Waals surface area (Å²) >= 11 is 0. The van der Waals surface area contributed by atoms with Crippen molar-refractivity contribution in [2.75, 3.05) is 0 Å². The van der Waals surface area contributed by atoms with Gasteiger partial charge in [-0.3, -0.25) is 4.99 Å². The van der Waals surface area contributed by atoms with Gasteiger partial charge in [0.1, 0.15) is 0 Å². The molecule has 1 nitrogen and oxygen atoms in total. The Balaban J connectivity index is 2.68. The van der Waals surface area contributed by atoms with Gasteiger partial charge in [0.15, 0.2) is 0 Å². The van der Waals surface area contributed by atoms with Gasteiger partial charge in [-0.2, -0.15) is 0 Å². The van der Waals surface area contributed by atoms with Crippen molar-refractivity contribution in [3.63, 3.8) is 0 Å². The first-order valence-corrected chi connectivity index (χ1v) is 5.43. The number of rotatable bonds is 0. The molecule has 0 saturated heterocycles. The molecule has 0 aromatic heterocycles. The fourth-order valence-electron chi connectivity index (χ4n) is 2.20. The van der Waals surface area contributed by atoms with Crippen molar-refractivity contribution in [3.8, 4) is 0 Å². The number of hydrogen-bond acceptors (Lipinski definition) is 1. The maximum atomic E-state index is 4.68. The Labute approximate surface area is 91.6 Å². The molecule has 78 valence electrons. The first kappa shape index (κ1) is 10.2. The highest BCUT2D eigenvalue weighted by atomic mass is 14.8. The standard InChI is InChI=1S/C14H17N/c1-9-6-5-7-13-14(9)11(3)8-10(2)12(4)15-13/h5-8,11H,1-4H3. The summed E-state index contributed by atoms with van der Waals surface area (Å²) in [5, 5.41) is 0. The molecule has 1 unspecified atom stereocenters. The minimum absolute atomic E-state index is 0.461. The van der Waals surface area contributed by atoms with E-state index in [2.05, 4.69) is 57.0 Å². The minimum Gasteiger partial charge on any atom is -0.253 e. The molecule has 0 radical (unpaired) electrons. The normalized spacial score (nSPS) is 20.1. The van der Waals surface area contributed by atoms with E-state index >= 15 is 0 Å². The predicted molar refractivity (Wildman–Crippen MR) is 66.1 cm³/mol. The molecule has 0 spiro atoms. The van der Waals surface area contributed by atoms with Crippen molar-refractivity contribution in [1.29, 1.82) is 0 Å². The Morgan fingerprint density at radius 1 is 1.13 bits per heavy atom. The highest BCUT2D eigenvalue weighted by molar-refractivity contribution is 6.00. The van der Waals surface area contributed by atoms with Gasteiger partial charge in [-0.05, 0) is 43.5 Å². The number of nitrogens with zero attached hydrogens (tertiary/aromatic N) is 1. The van der Waals surface area contributed by atoms with Gasteiger partial charge in [0, 0.05) is 11.6 Å². The van der Waals surface area contributed by atoms with E-state index in [4.69, 9.17) is 0 Å². The topological polar surface area (TPSA) is 12.4 Å². The van der Waals surface area contributed by atoms with E-state index in [0.29, 0.717) is 5.92 Å². The summed E-state index contributed by atoms with van der Waals surface area (Å²) in [7, 11) is 0. The van der Waals surface area contributed by atoms with Crippen molar-refractivity contribution in [1.82, 2.24) is 0 Å². The summed E-state index contributed by atoms with van der Waals surface area (Å²) in [6, 6.07) is 6.35. The summed E-state index contributed by atoms with van der Waals surface area (Å²) in [4.78, 5) is 4.68. The van der Waals surface area contributed by atoms with Crippen molar-refractivity contribution in [2.45, 2.75) is 33.6 Å². The van der Waals surface area contributed by atoms with Crippen LogP contribution in [0, 0.1) is 6.92 Å². The van der Waals surface area contributed by atoms with Crippen molar-refractivity contribution in [3.05, 3.63) is 41.0 Å². The van der Waals surface area contributed by atoms with Gasteiger partial charge in [0.05, 0.1) is 5.69 Å². The molecule has 1 heterocycles. The quantitative estimate of drug-likeness (QED) is 0.595. The second kappa shape index (κ2) is 3.65. The van der Waals surface area contributed by atoms with Crippen LogP contribution in [0.3, 0.4) is 0 Å². The third-order valence-electron chi connectivity index (χ3n) is 3.12. The Kier molecular flexibility index (Phi) is 2.47. The fourth-order valence-corrected chi connectivity index (χ4v) is 2.20. The second-order valence-electron chi connectivity index (χ2n) is 4.34. The SMILES string of the molecule is CC1=CC(C)c2c(C)cccc2N=C1C. The Morgan fingerprint density at radius 3 is 2.60 bits per heavy atom. The van der Waals surface area contributed by atoms with Crippen LogP contribution in [0.4, 0.5) is 5.69 Å². The number of benzene rings is 1. The molecule has 0 aliphatic carbocycles. The zero-order chi connectivity index (χ0) is 11.0. The van der Waals surface area contributed by atoms with E-state index < -0.39 is 0 Å². The summed E-state index contributed by atoms with van der Waals surface area (Å²) in [6.07, 6.45) is 2.30. The Bertz CT molecular complexity index is 452. The van der Waals surface area contributed by atoms with Crippen molar-refractivity contribution in [2.24, 2.45) is 4.99 Å². The maximum absolute atomic E-state index is 4.68. The number of aryl methyl sites for hydroxylation is 1. The molecule has 1 heteroatoms. The molecular weight excluding hydrogens is 182 g/mol. The summed E-state index contributed by atoms with van der Waals surface area (Å²) in [6.45, 7) is 8.62. The Morgan fingerprint density at radius 2 is 1.87 bits per heavy atom. The van der Waals surface area contributed by atoms with E-state index in [0.717, 1.165) is 11.4 Å². The molecule has 1 aliphatic rings. The molecule has 1 aromatic carbocycles. The highest BCUT2D eigenvalue weighted by Crippen LogP contribution is 2.34. The van der Waals surface area contributed by atoms with E-state index in [1.54, 1.807) is 0 Å². The van der Waals surface area contributed by atoms with Crippen LogP contribution in [-0.2, 0) is 0 Å². The predicted octanol–water partition coefficient (Wildman–Crippen LogP) is 4.15. The minimum atomic E-state index is 0.461. The fraction of sp³-hybridized carbons (Fsp3) is 0.357. The lowest BCUT2D eigenvalue weighted by Crippen LogP contribution is -1.93. The van der Waals surface area contributed by atoms with Crippen LogP contribution in [0.1, 0.15) is 37.8 Å². The van der Waals surface area contributed by atoms with Crippen LogP contribution >= 0.6 is 0 Å². The van der Waals surface area contributed by atoms with Crippen LogP contribution in [0.2, 0.25) is 0 Å². The van der Waals surface area contributed by atoms with Crippen molar-refractivity contribution >= 4 is 11.4 Å². The zero-order valence-electron chi connectivity index (χ0n) is 9.83. The van der Waals surface area contributed by atoms with Gasteiger partial charge < -0.3 is 0 Å². The van der Waals surface area contributed by atoms with E-state index in [9.17, 15) is 0 Å². The average molecular weight is 199 g/mol. The van der Waals surface area contributed by atoms with Gasteiger partial charge in [-0.1, -0.05) is 25.1 Å². The number of hydrogen-bond donors (Lipinski definition) is 0. The molecule has 1 atom stereocenters. The van der Waals surface area contributed by atoms with Crippen LogP contribution in [0.5, 0.6) is 0 Å². The smallest absolute Gasteiger partial charge is 0.0673 e. The molecule has 0 amide bonds. The molecule has 2 rings (SSSR count). The largest absolute Gasteiger partial charge is 0.253 e. The lowest BCUT2D eigenvalue weighted by atomic mass is 9.94. The average Bonchev–Trinajstić information content (AvgIpc) is 2.26. The summed E-state index contributed by atoms with van der Waals surface area (Å²) in [5.74, 6) is 0.461. The van der Waals surface area contributed by atoms with Crippen LogP contribution < -0.4 is 0 Å². The summed E-state index contributed by atoms with van der Waals surface area (Å²) < 4.78 is 0. The number of allylic oxidation sites excluding steroid dienone is 2. The van der Waals surface area contributed by atoms with Crippen LogP contribution in [0.25, 0.3) is 0 Å². The van der Waals surface area contributed by atoms with E-state index in [1.807, 2.05) is 0 Å². The van der Waals surface area contributed by atoms with E-state index in [1.165, 1.54) is 16.7 Å². The lowest BCUT2D eigenvalue weighted by molar-refractivity contribution is 0.950. The van der Waals surface area contributed by atoms with Crippen LogP contribution in [0.15, 0.2) is 34.8 Å². The Hall–Kier alpha value is -1.37. The first-order chi connectivity index (χ1) is 7.09. The van der Waals surface area contributed by atoms with Gasteiger partial charge >= 0.3 is 0 Å². The highest BCUT2D eigenvalue weighted by Gasteiger charge is 2.15. The molecule has 15 heavy (non-hydrogen) atoms. The molecule has 0 N–H and O–H groups in total. The van der Waals surface area contributed by atoms with Gasteiger partial charge in [0.2, 0.25) is 0 Å². The molecule has 1 aliphatic heterocycles. The lowest BCUT2D eigenvalue weighted by Gasteiger charge is -2.12. The third-order valence-corrected chi connectivity index (χ3v) is 3.12. The van der Waals surface area contributed by atoms with Crippen molar-refractivity contribution < 1.29 is 0 Å². The number of aliphatic imine (C=N–C) groups is 1. The third kappa shape index (κ3) is 1.74. The molecule has 0 saturated carbocycles. The molecule has 1 aromatic rings. The van der Waals surface area contributed by atoms with E-state index in [-0.39, 0.29) is 0 Å². The van der Waals surface area contributed by atoms with Crippen LogP contribution in [-0.4, -0.2) is 5.71 Å². The molecular formula is C14H17N. The first-order valence-electron chi connectivity index (χ1n) is 5.43. The molecule has 0 fully saturated rings. The zero-order valence-corrected chi connectivity index (χ0v) is 9.83. The maximum Gasteiger partial charge on any atom is 0.0673 e. The second-order valence-corrected chi connectivity index (χ2v) is 4.34. The van der Waals surface area contributed by atoms with Gasteiger partial charge in [-0.25, -0.2) is 0 Å². The number of fused-ring (bicyclic) bond motifs is 1.